The molecule has 0 aliphatic rings. The molecule has 0 atom stereocenters. The molecule has 0 saturated heterocycles. The first-order valence-corrected chi connectivity index (χ1v) is 5.27. The highest BCUT2D eigenvalue weighted by Crippen LogP contribution is 1.73. The molecule has 0 radical (unpaired) electrons. The average Bonchev–Trinajstić information content (AvgIpc) is 2.25. The summed E-state index contributed by atoms with van der Waals surface area (Å²) in [6.07, 6.45) is 1.81. The predicted molar refractivity (Wildman–Crippen MR) is 61.2 cm³/mol. The largest absolute Gasteiger partial charge is 0.478 e. The number of nitrogens with one attached hydrogen (secondary N) is 3. The van der Waals surface area contributed by atoms with E-state index in [9.17, 15) is 9.59 Å². The van der Waals surface area contributed by atoms with Crippen LogP contribution in [0.4, 0.5) is 0 Å². The maximum Gasteiger partial charge on any atom is 0.328 e. The number of carboxylic acids is 1. The fourth-order valence-corrected chi connectivity index (χ4v) is 0.959. The lowest BCUT2D eigenvalue weighted by molar-refractivity contribution is -0.131. The molecule has 6 nitrogen and oxygen atoms in total. The Morgan fingerprint density at radius 1 is 1.06 bits per heavy atom. The van der Waals surface area contributed by atoms with Gasteiger partial charge in [-0.05, 0) is 6.54 Å². The van der Waals surface area contributed by atoms with Gasteiger partial charge in [-0.15, -0.1) is 0 Å². The summed E-state index contributed by atoms with van der Waals surface area (Å²) in [6, 6.07) is 0. The van der Waals surface area contributed by atoms with Crippen LogP contribution in [0.5, 0.6) is 0 Å². The monoisotopic (exact) mass is 229 g/mol. The van der Waals surface area contributed by atoms with Crippen molar-refractivity contribution in [2.45, 2.75) is 6.92 Å². The first-order valence-electron chi connectivity index (χ1n) is 5.27. The van der Waals surface area contributed by atoms with E-state index in [2.05, 4.69) is 16.0 Å². The summed E-state index contributed by atoms with van der Waals surface area (Å²) in [5.41, 5.74) is 0. The van der Waals surface area contributed by atoms with Crippen LogP contribution in [-0.2, 0) is 9.59 Å². The fourth-order valence-electron chi connectivity index (χ4n) is 0.959. The topological polar surface area (TPSA) is 90.5 Å². The molecule has 0 aromatic rings. The van der Waals surface area contributed by atoms with Gasteiger partial charge >= 0.3 is 5.97 Å². The van der Waals surface area contributed by atoms with Gasteiger partial charge in [0.1, 0.15) is 0 Å². The van der Waals surface area contributed by atoms with Crippen molar-refractivity contribution in [1.29, 1.82) is 0 Å². The maximum absolute atomic E-state index is 11.0. The molecule has 16 heavy (non-hydrogen) atoms. The zero-order valence-electron chi connectivity index (χ0n) is 9.45. The normalized spacial score (nSPS) is 10.6. The van der Waals surface area contributed by atoms with Gasteiger partial charge < -0.3 is 21.1 Å². The molecule has 0 spiro atoms. The molecular formula is C10H19N3O3. The van der Waals surface area contributed by atoms with Crippen molar-refractivity contribution in [3.05, 3.63) is 12.2 Å². The lowest BCUT2D eigenvalue weighted by atomic mass is 10.4. The first kappa shape index (κ1) is 14.6. The van der Waals surface area contributed by atoms with Crippen molar-refractivity contribution in [1.82, 2.24) is 16.0 Å². The Hall–Kier alpha value is -1.40. The molecule has 0 aromatic carbocycles. The van der Waals surface area contributed by atoms with E-state index in [1.54, 1.807) is 0 Å². The second-order valence-electron chi connectivity index (χ2n) is 3.07. The number of likely N-dealkylation sites (N-methyl/N-ethyl adjacent to an activating group) is 1. The van der Waals surface area contributed by atoms with E-state index in [0.29, 0.717) is 13.1 Å². The van der Waals surface area contributed by atoms with Gasteiger partial charge in [-0.1, -0.05) is 6.92 Å². The molecule has 0 aliphatic carbocycles. The lowest BCUT2D eigenvalue weighted by Gasteiger charge is -2.05. The molecule has 92 valence electrons. The van der Waals surface area contributed by atoms with Crippen LogP contribution in [0.1, 0.15) is 6.92 Å². The van der Waals surface area contributed by atoms with Crippen molar-refractivity contribution in [2.75, 3.05) is 32.7 Å². The van der Waals surface area contributed by atoms with Crippen molar-refractivity contribution >= 4 is 11.9 Å². The Morgan fingerprint density at radius 2 is 1.69 bits per heavy atom. The van der Waals surface area contributed by atoms with Crippen LogP contribution in [-0.4, -0.2) is 49.7 Å². The number of carbonyl (C=O) groups excluding carboxylic acids is 1. The minimum Gasteiger partial charge on any atom is -0.478 e. The van der Waals surface area contributed by atoms with E-state index in [4.69, 9.17) is 5.11 Å². The molecule has 0 aliphatic heterocycles. The number of hydrogen-bond acceptors (Lipinski definition) is 4. The third kappa shape index (κ3) is 10.7. The molecule has 4 N–H and O–H groups in total. The molecule has 0 rings (SSSR count). The van der Waals surface area contributed by atoms with Gasteiger partial charge in [-0.3, -0.25) is 4.79 Å². The molecule has 6 heteroatoms. The van der Waals surface area contributed by atoms with E-state index in [1.807, 2.05) is 6.92 Å². The van der Waals surface area contributed by atoms with Crippen LogP contribution in [0, 0.1) is 0 Å². The first-order chi connectivity index (χ1) is 7.66. The van der Waals surface area contributed by atoms with Gasteiger partial charge in [0.15, 0.2) is 0 Å². The zero-order valence-corrected chi connectivity index (χ0v) is 9.45. The Bertz CT molecular complexity index is 241. The predicted octanol–water partition coefficient (Wildman–Crippen LogP) is -1.06. The second kappa shape index (κ2) is 10.1. The quantitative estimate of drug-likeness (QED) is 0.299. The summed E-state index contributed by atoms with van der Waals surface area (Å²) in [5, 5.41) is 17.1. The summed E-state index contributed by atoms with van der Waals surface area (Å²) < 4.78 is 0. The SMILES string of the molecule is CCNCCNCCNC(=O)/C=C/C(=O)O. The fraction of sp³-hybridized carbons (Fsp3) is 0.600. The summed E-state index contributed by atoms with van der Waals surface area (Å²) in [6.45, 7) is 5.86. The summed E-state index contributed by atoms with van der Waals surface area (Å²) in [4.78, 5) is 21.1. The molecule has 0 bridgehead atoms. The molecule has 1 amide bonds. The smallest absolute Gasteiger partial charge is 0.328 e. The van der Waals surface area contributed by atoms with Crippen molar-refractivity contribution in [3.8, 4) is 0 Å². The molecule has 0 fully saturated rings. The number of amides is 1. The third-order valence-corrected chi connectivity index (χ3v) is 1.71. The van der Waals surface area contributed by atoms with E-state index < -0.39 is 11.9 Å². The van der Waals surface area contributed by atoms with Crippen molar-refractivity contribution in [2.24, 2.45) is 0 Å². The second-order valence-corrected chi connectivity index (χ2v) is 3.07. The zero-order chi connectivity index (χ0) is 12.2. The van der Waals surface area contributed by atoms with Crippen LogP contribution in [0.2, 0.25) is 0 Å². The van der Waals surface area contributed by atoms with Crippen LogP contribution >= 0.6 is 0 Å². The highest BCUT2D eigenvalue weighted by atomic mass is 16.4. The van der Waals surface area contributed by atoms with Gasteiger partial charge in [0.25, 0.3) is 0 Å². The van der Waals surface area contributed by atoms with E-state index in [-0.39, 0.29) is 0 Å². The van der Waals surface area contributed by atoms with Crippen LogP contribution in [0.25, 0.3) is 0 Å². The maximum atomic E-state index is 11.0. The summed E-state index contributed by atoms with van der Waals surface area (Å²) in [7, 11) is 0. The summed E-state index contributed by atoms with van der Waals surface area (Å²) in [5.74, 6) is -1.52. The molecular weight excluding hydrogens is 210 g/mol. The number of carbonyl (C=O) groups is 2. The van der Waals surface area contributed by atoms with E-state index >= 15 is 0 Å². The van der Waals surface area contributed by atoms with Gasteiger partial charge in [0.2, 0.25) is 5.91 Å². The molecule has 0 heterocycles. The molecule has 0 unspecified atom stereocenters. The van der Waals surface area contributed by atoms with Crippen LogP contribution in [0.3, 0.4) is 0 Å². The highest BCUT2D eigenvalue weighted by Gasteiger charge is 1.95. The summed E-state index contributed by atoms with van der Waals surface area (Å²) >= 11 is 0. The third-order valence-electron chi connectivity index (χ3n) is 1.71. The minimum absolute atomic E-state index is 0.393. The van der Waals surface area contributed by atoms with Crippen LogP contribution in [0.15, 0.2) is 12.2 Å². The highest BCUT2D eigenvalue weighted by molar-refractivity contribution is 5.93. The van der Waals surface area contributed by atoms with Gasteiger partial charge in [-0.25, -0.2) is 4.79 Å². The molecule has 0 aromatic heterocycles. The van der Waals surface area contributed by atoms with E-state index in [0.717, 1.165) is 31.8 Å². The van der Waals surface area contributed by atoms with Gasteiger partial charge in [0, 0.05) is 38.3 Å². The lowest BCUT2D eigenvalue weighted by Crippen LogP contribution is -2.34. The Kier molecular flexibility index (Phi) is 9.24. The number of rotatable bonds is 9. The Balaban J connectivity index is 3.31. The number of hydrogen-bond donors (Lipinski definition) is 4. The van der Waals surface area contributed by atoms with Gasteiger partial charge in [0.05, 0.1) is 0 Å². The van der Waals surface area contributed by atoms with Gasteiger partial charge in [-0.2, -0.15) is 0 Å². The van der Waals surface area contributed by atoms with Crippen molar-refractivity contribution < 1.29 is 14.7 Å². The minimum atomic E-state index is -1.13. The van der Waals surface area contributed by atoms with Crippen LogP contribution < -0.4 is 16.0 Å². The van der Waals surface area contributed by atoms with E-state index in [1.165, 1.54) is 0 Å². The van der Waals surface area contributed by atoms with Crippen molar-refractivity contribution in [3.63, 3.8) is 0 Å². The standard InChI is InChI=1S/C10H19N3O3/c1-2-11-5-6-12-7-8-13-9(14)3-4-10(15)16/h3-4,11-12H,2,5-8H2,1H3,(H,13,14)(H,15,16)/b4-3+. The molecule has 0 saturated carbocycles. The number of carboxylic acid groups (broad SMARTS) is 1. The number of aliphatic carboxylic acids is 1. The average molecular weight is 229 g/mol. The Labute approximate surface area is 95.1 Å². The Morgan fingerprint density at radius 3 is 2.31 bits per heavy atom.